The van der Waals surface area contributed by atoms with E-state index >= 15 is 0 Å². The first-order valence-electron chi connectivity index (χ1n) is 5.95. The molecule has 0 radical (unpaired) electrons. The Kier molecular flexibility index (Phi) is 3.56. The van der Waals surface area contributed by atoms with Crippen LogP contribution in [0.1, 0.15) is 31.0 Å². The lowest BCUT2D eigenvalue weighted by Gasteiger charge is -2.23. The maximum atomic E-state index is 5.73. The molecule has 1 aliphatic heterocycles. The van der Waals surface area contributed by atoms with E-state index < -0.39 is 0 Å². The van der Waals surface area contributed by atoms with E-state index in [4.69, 9.17) is 4.74 Å². The fourth-order valence-corrected chi connectivity index (χ4v) is 2.13. The van der Waals surface area contributed by atoms with Crippen LogP contribution in [0.4, 0.5) is 0 Å². The lowest BCUT2D eigenvalue weighted by molar-refractivity contribution is 0.0206. The monoisotopic (exact) mass is 220 g/mol. The molecule has 1 aliphatic rings. The Morgan fingerprint density at radius 2 is 2.44 bits per heavy atom. The van der Waals surface area contributed by atoms with Gasteiger partial charge in [-0.15, -0.1) is 0 Å². The number of aryl methyl sites for hydroxylation is 1. The summed E-state index contributed by atoms with van der Waals surface area (Å²) in [4.78, 5) is 4.36. The van der Waals surface area contributed by atoms with E-state index in [1.807, 2.05) is 12.3 Å². The zero-order valence-electron chi connectivity index (χ0n) is 10.1. The minimum absolute atomic E-state index is 0.0304. The Hall–Kier alpha value is -0.930. The number of nitrogens with zero attached hydrogens (tertiary/aromatic N) is 1. The van der Waals surface area contributed by atoms with E-state index in [1.54, 1.807) is 0 Å². The minimum Gasteiger partial charge on any atom is -0.374 e. The van der Waals surface area contributed by atoms with Crippen LogP contribution < -0.4 is 5.32 Å². The van der Waals surface area contributed by atoms with Crippen LogP contribution in [0.5, 0.6) is 0 Å². The van der Waals surface area contributed by atoms with Crippen LogP contribution in [-0.2, 0) is 11.3 Å². The molecule has 16 heavy (non-hydrogen) atoms. The summed E-state index contributed by atoms with van der Waals surface area (Å²) < 4.78 is 5.73. The van der Waals surface area contributed by atoms with Gasteiger partial charge in [0, 0.05) is 25.9 Å². The number of pyridine rings is 1. The summed E-state index contributed by atoms with van der Waals surface area (Å²) in [6.07, 6.45) is 4.18. The van der Waals surface area contributed by atoms with Crippen molar-refractivity contribution in [2.24, 2.45) is 0 Å². The van der Waals surface area contributed by atoms with Crippen LogP contribution in [0.2, 0.25) is 0 Å². The zero-order valence-corrected chi connectivity index (χ0v) is 10.1. The quantitative estimate of drug-likeness (QED) is 0.843. The average Bonchev–Trinajstić information content (AvgIpc) is 2.68. The Balaban J connectivity index is 1.82. The molecular formula is C13H20N2O. The van der Waals surface area contributed by atoms with Crippen molar-refractivity contribution in [2.75, 3.05) is 13.2 Å². The van der Waals surface area contributed by atoms with Crippen molar-refractivity contribution in [1.29, 1.82) is 0 Å². The zero-order chi connectivity index (χ0) is 11.4. The van der Waals surface area contributed by atoms with Gasteiger partial charge in [0.2, 0.25) is 0 Å². The molecule has 3 nitrogen and oxygen atoms in total. The summed E-state index contributed by atoms with van der Waals surface area (Å²) in [5, 5.41) is 3.44. The summed E-state index contributed by atoms with van der Waals surface area (Å²) in [5.41, 5.74) is 2.40. The highest BCUT2D eigenvalue weighted by molar-refractivity contribution is 5.17. The van der Waals surface area contributed by atoms with E-state index in [1.165, 1.54) is 12.0 Å². The third-order valence-electron chi connectivity index (χ3n) is 3.21. The highest BCUT2D eigenvalue weighted by atomic mass is 16.5. The Bertz CT molecular complexity index is 346. The van der Waals surface area contributed by atoms with E-state index in [-0.39, 0.29) is 5.60 Å². The predicted molar refractivity (Wildman–Crippen MR) is 64.3 cm³/mol. The van der Waals surface area contributed by atoms with E-state index in [2.05, 4.69) is 30.2 Å². The van der Waals surface area contributed by atoms with E-state index in [9.17, 15) is 0 Å². The topological polar surface area (TPSA) is 34.2 Å². The molecule has 88 valence electrons. The molecule has 1 N–H and O–H groups in total. The van der Waals surface area contributed by atoms with Crippen LogP contribution in [0.15, 0.2) is 18.3 Å². The van der Waals surface area contributed by atoms with Crippen molar-refractivity contribution in [1.82, 2.24) is 10.3 Å². The van der Waals surface area contributed by atoms with Gasteiger partial charge in [0.05, 0.1) is 11.3 Å². The molecule has 1 saturated heterocycles. The molecule has 0 bridgehead atoms. The van der Waals surface area contributed by atoms with E-state index in [0.717, 1.165) is 31.8 Å². The third kappa shape index (κ3) is 2.80. The second kappa shape index (κ2) is 4.93. The Morgan fingerprint density at radius 3 is 3.12 bits per heavy atom. The van der Waals surface area contributed by atoms with Crippen LogP contribution in [0.3, 0.4) is 0 Å². The van der Waals surface area contributed by atoms with Gasteiger partial charge in [-0.3, -0.25) is 4.98 Å². The number of ether oxygens (including phenoxy) is 1. The van der Waals surface area contributed by atoms with Crippen LogP contribution in [-0.4, -0.2) is 23.7 Å². The molecule has 2 rings (SSSR count). The summed E-state index contributed by atoms with van der Waals surface area (Å²) >= 11 is 0. The average molecular weight is 220 g/mol. The number of nitrogens with one attached hydrogen (secondary N) is 1. The molecule has 1 unspecified atom stereocenters. The number of hydrogen-bond donors (Lipinski definition) is 1. The maximum Gasteiger partial charge on any atom is 0.0779 e. The fraction of sp³-hybridized carbons (Fsp3) is 0.615. The first-order valence-corrected chi connectivity index (χ1v) is 5.95. The Labute approximate surface area is 97.2 Å². The third-order valence-corrected chi connectivity index (χ3v) is 3.21. The van der Waals surface area contributed by atoms with Crippen molar-refractivity contribution in [2.45, 2.75) is 38.8 Å². The molecule has 1 aromatic heterocycles. The number of rotatable bonds is 4. The normalized spacial score (nSPS) is 24.9. The van der Waals surface area contributed by atoms with Crippen molar-refractivity contribution >= 4 is 0 Å². The van der Waals surface area contributed by atoms with E-state index in [0.29, 0.717) is 0 Å². The first-order chi connectivity index (χ1) is 7.70. The van der Waals surface area contributed by atoms with Gasteiger partial charge in [-0.25, -0.2) is 0 Å². The highest BCUT2D eigenvalue weighted by Gasteiger charge is 2.28. The molecule has 0 aromatic carbocycles. The largest absolute Gasteiger partial charge is 0.374 e. The van der Waals surface area contributed by atoms with Gasteiger partial charge in [-0.1, -0.05) is 6.07 Å². The minimum atomic E-state index is 0.0304. The SMILES string of the molecule is Cc1cccnc1CNCC1(C)CCCO1. The molecule has 2 heterocycles. The molecule has 0 saturated carbocycles. The lowest BCUT2D eigenvalue weighted by Crippen LogP contribution is -2.37. The van der Waals surface area contributed by atoms with Gasteiger partial charge in [0.25, 0.3) is 0 Å². The maximum absolute atomic E-state index is 5.73. The van der Waals surface area contributed by atoms with Crippen molar-refractivity contribution in [3.8, 4) is 0 Å². The van der Waals surface area contributed by atoms with Gasteiger partial charge in [0.1, 0.15) is 0 Å². The predicted octanol–water partition coefficient (Wildman–Crippen LogP) is 2.05. The molecule has 0 spiro atoms. The molecule has 1 atom stereocenters. The lowest BCUT2D eigenvalue weighted by atomic mass is 10.0. The molecule has 1 fully saturated rings. The highest BCUT2D eigenvalue weighted by Crippen LogP contribution is 2.23. The summed E-state index contributed by atoms with van der Waals surface area (Å²) in [5.74, 6) is 0. The summed E-state index contributed by atoms with van der Waals surface area (Å²) in [7, 11) is 0. The summed E-state index contributed by atoms with van der Waals surface area (Å²) in [6.45, 7) is 6.91. The van der Waals surface area contributed by atoms with Gasteiger partial charge < -0.3 is 10.1 Å². The fourth-order valence-electron chi connectivity index (χ4n) is 2.13. The molecule has 1 aromatic rings. The standard InChI is InChI=1S/C13H20N2O/c1-11-5-3-7-15-12(11)9-14-10-13(2)6-4-8-16-13/h3,5,7,14H,4,6,8-10H2,1-2H3. The van der Waals surface area contributed by atoms with Gasteiger partial charge in [-0.05, 0) is 38.3 Å². The molecule has 0 aliphatic carbocycles. The Morgan fingerprint density at radius 1 is 1.56 bits per heavy atom. The van der Waals surface area contributed by atoms with Crippen LogP contribution in [0.25, 0.3) is 0 Å². The van der Waals surface area contributed by atoms with Crippen LogP contribution in [0, 0.1) is 6.92 Å². The second-order valence-corrected chi connectivity index (χ2v) is 4.77. The smallest absolute Gasteiger partial charge is 0.0779 e. The number of hydrogen-bond acceptors (Lipinski definition) is 3. The molecular weight excluding hydrogens is 200 g/mol. The van der Waals surface area contributed by atoms with Crippen molar-refractivity contribution in [3.05, 3.63) is 29.6 Å². The summed E-state index contributed by atoms with van der Waals surface area (Å²) in [6, 6.07) is 4.07. The molecule has 0 amide bonds. The van der Waals surface area contributed by atoms with Crippen molar-refractivity contribution < 1.29 is 4.74 Å². The molecule has 3 heteroatoms. The van der Waals surface area contributed by atoms with Crippen LogP contribution >= 0.6 is 0 Å². The second-order valence-electron chi connectivity index (χ2n) is 4.77. The van der Waals surface area contributed by atoms with Gasteiger partial charge >= 0.3 is 0 Å². The first kappa shape index (κ1) is 11.6. The van der Waals surface area contributed by atoms with Gasteiger partial charge in [0.15, 0.2) is 0 Å². The van der Waals surface area contributed by atoms with Crippen molar-refractivity contribution in [3.63, 3.8) is 0 Å². The van der Waals surface area contributed by atoms with Gasteiger partial charge in [-0.2, -0.15) is 0 Å². The number of aromatic nitrogens is 1.